The number of anilines is 2. The van der Waals surface area contributed by atoms with Crippen LogP contribution >= 0.6 is 11.3 Å². The zero-order valence-corrected chi connectivity index (χ0v) is 15.5. The van der Waals surface area contributed by atoms with Crippen molar-refractivity contribution in [3.05, 3.63) is 82.6 Å². The first-order valence-corrected chi connectivity index (χ1v) is 9.10. The third-order valence-corrected chi connectivity index (χ3v) is 4.54. The second-order valence-electron chi connectivity index (χ2n) is 5.57. The molecule has 136 valence electrons. The van der Waals surface area contributed by atoms with Crippen LogP contribution in [0, 0.1) is 0 Å². The van der Waals surface area contributed by atoms with Gasteiger partial charge >= 0.3 is 0 Å². The number of methoxy groups -OCH3 is 1. The summed E-state index contributed by atoms with van der Waals surface area (Å²) >= 11 is 1.54. The normalized spacial score (nSPS) is 10.6. The molecule has 1 aromatic heterocycles. The molecule has 1 heterocycles. The van der Waals surface area contributed by atoms with Gasteiger partial charge in [-0.2, -0.15) is 0 Å². The zero-order valence-electron chi connectivity index (χ0n) is 14.6. The molecular formula is C21H18N2O3S. The smallest absolute Gasteiger partial charge is 0.257 e. The Morgan fingerprint density at radius 2 is 1.85 bits per heavy atom. The van der Waals surface area contributed by atoms with E-state index in [1.165, 1.54) is 6.08 Å². The van der Waals surface area contributed by atoms with Crippen LogP contribution in [0.2, 0.25) is 0 Å². The number of amides is 2. The number of ether oxygens (including phenoxy) is 1. The molecule has 0 aliphatic rings. The van der Waals surface area contributed by atoms with Gasteiger partial charge in [-0.1, -0.05) is 24.3 Å². The van der Waals surface area contributed by atoms with Gasteiger partial charge in [0.15, 0.2) is 0 Å². The predicted octanol–water partition coefficient (Wildman–Crippen LogP) is 4.66. The number of carbonyl (C=O) groups is 2. The van der Waals surface area contributed by atoms with Gasteiger partial charge in [-0.15, -0.1) is 11.3 Å². The molecular weight excluding hydrogens is 360 g/mol. The van der Waals surface area contributed by atoms with Gasteiger partial charge in [0.2, 0.25) is 5.91 Å². The van der Waals surface area contributed by atoms with Crippen molar-refractivity contribution in [2.24, 2.45) is 0 Å². The van der Waals surface area contributed by atoms with Crippen molar-refractivity contribution < 1.29 is 14.3 Å². The molecule has 0 saturated heterocycles. The Bertz CT molecular complexity index is 965. The molecule has 0 atom stereocenters. The number of rotatable bonds is 6. The summed E-state index contributed by atoms with van der Waals surface area (Å²) in [5.74, 6) is 0.0273. The molecule has 6 heteroatoms. The van der Waals surface area contributed by atoms with Crippen molar-refractivity contribution in [3.8, 4) is 5.75 Å². The number of thiophene rings is 1. The van der Waals surface area contributed by atoms with Crippen LogP contribution < -0.4 is 15.4 Å². The van der Waals surface area contributed by atoms with E-state index in [9.17, 15) is 9.59 Å². The summed E-state index contributed by atoms with van der Waals surface area (Å²) in [7, 11) is 1.56. The van der Waals surface area contributed by atoms with E-state index in [0.717, 1.165) is 4.88 Å². The minimum atomic E-state index is -0.318. The van der Waals surface area contributed by atoms with E-state index < -0.39 is 0 Å². The largest absolute Gasteiger partial charge is 0.497 e. The molecule has 0 aliphatic carbocycles. The highest BCUT2D eigenvalue weighted by Gasteiger charge is 2.13. The van der Waals surface area contributed by atoms with Gasteiger partial charge in [0.1, 0.15) is 5.75 Å². The summed E-state index contributed by atoms with van der Waals surface area (Å²) in [6.07, 6.45) is 3.18. The van der Waals surface area contributed by atoms with Crippen LogP contribution in [0.4, 0.5) is 11.4 Å². The van der Waals surface area contributed by atoms with Crippen LogP contribution in [0.25, 0.3) is 6.08 Å². The lowest BCUT2D eigenvalue weighted by Crippen LogP contribution is -2.17. The van der Waals surface area contributed by atoms with Gasteiger partial charge < -0.3 is 15.4 Å². The number of nitrogens with one attached hydrogen (secondary N) is 2. The Morgan fingerprint density at radius 3 is 2.63 bits per heavy atom. The van der Waals surface area contributed by atoms with E-state index in [2.05, 4.69) is 10.6 Å². The summed E-state index contributed by atoms with van der Waals surface area (Å²) in [6.45, 7) is 0. The third kappa shape index (κ3) is 5.05. The predicted molar refractivity (Wildman–Crippen MR) is 109 cm³/mol. The Hall–Kier alpha value is -3.38. The standard InChI is InChI=1S/C21H18N2O3S/c1-26-16-7-4-6-15(14-16)22-21(25)18-9-2-3-10-19(18)23-20(24)12-11-17-8-5-13-27-17/h2-14H,1H3,(H,22,25)(H,23,24)/b12-11+. The number of hydrogen-bond donors (Lipinski definition) is 2. The van der Waals surface area contributed by atoms with Gasteiger partial charge in [0, 0.05) is 22.7 Å². The highest BCUT2D eigenvalue weighted by atomic mass is 32.1. The van der Waals surface area contributed by atoms with Gasteiger partial charge in [-0.25, -0.2) is 0 Å². The fraction of sp³-hybridized carbons (Fsp3) is 0.0476. The Morgan fingerprint density at radius 1 is 1.00 bits per heavy atom. The highest BCUT2D eigenvalue weighted by Crippen LogP contribution is 2.20. The number of para-hydroxylation sites is 1. The average molecular weight is 378 g/mol. The molecule has 5 nitrogen and oxygen atoms in total. The molecule has 3 aromatic rings. The molecule has 27 heavy (non-hydrogen) atoms. The SMILES string of the molecule is COc1cccc(NC(=O)c2ccccc2NC(=O)/C=C/c2cccs2)c1. The number of carbonyl (C=O) groups excluding carboxylic acids is 2. The molecule has 0 aliphatic heterocycles. The van der Waals surface area contributed by atoms with Gasteiger partial charge in [0.25, 0.3) is 5.91 Å². The molecule has 0 fully saturated rings. The summed E-state index contributed by atoms with van der Waals surface area (Å²) in [4.78, 5) is 25.8. The number of benzene rings is 2. The van der Waals surface area contributed by atoms with E-state index in [1.807, 2.05) is 17.5 Å². The van der Waals surface area contributed by atoms with Crippen molar-refractivity contribution in [1.29, 1.82) is 0 Å². The zero-order chi connectivity index (χ0) is 19.1. The first kappa shape index (κ1) is 18.4. The molecule has 0 spiro atoms. The van der Waals surface area contributed by atoms with E-state index in [-0.39, 0.29) is 11.8 Å². The van der Waals surface area contributed by atoms with Crippen LogP contribution in [0.3, 0.4) is 0 Å². The Balaban J connectivity index is 1.72. The van der Waals surface area contributed by atoms with Crippen LogP contribution in [0.1, 0.15) is 15.2 Å². The van der Waals surface area contributed by atoms with Crippen LogP contribution in [-0.2, 0) is 4.79 Å². The van der Waals surface area contributed by atoms with Crippen molar-refractivity contribution >= 4 is 40.6 Å². The van der Waals surface area contributed by atoms with E-state index in [0.29, 0.717) is 22.7 Å². The lowest BCUT2D eigenvalue weighted by molar-refractivity contribution is -0.111. The lowest BCUT2D eigenvalue weighted by Gasteiger charge is -2.11. The molecule has 0 unspecified atom stereocenters. The molecule has 2 aromatic carbocycles. The van der Waals surface area contributed by atoms with Crippen molar-refractivity contribution in [2.45, 2.75) is 0 Å². The fourth-order valence-corrected chi connectivity index (χ4v) is 3.03. The van der Waals surface area contributed by atoms with Crippen molar-refractivity contribution in [1.82, 2.24) is 0 Å². The summed E-state index contributed by atoms with van der Waals surface area (Å²) in [6, 6.07) is 17.8. The van der Waals surface area contributed by atoms with Gasteiger partial charge in [0.05, 0.1) is 18.4 Å². The van der Waals surface area contributed by atoms with Crippen molar-refractivity contribution in [2.75, 3.05) is 17.7 Å². The quantitative estimate of drug-likeness (QED) is 0.613. The Labute approximate surface area is 161 Å². The molecule has 0 radical (unpaired) electrons. The average Bonchev–Trinajstić information content (AvgIpc) is 3.20. The summed E-state index contributed by atoms with van der Waals surface area (Å²) in [5, 5.41) is 7.51. The van der Waals surface area contributed by atoms with Crippen molar-refractivity contribution in [3.63, 3.8) is 0 Å². The summed E-state index contributed by atoms with van der Waals surface area (Å²) < 4.78 is 5.16. The molecule has 2 amide bonds. The molecule has 2 N–H and O–H groups in total. The Kier molecular flexibility index (Phi) is 6.02. The first-order chi connectivity index (χ1) is 13.2. The fourth-order valence-electron chi connectivity index (χ4n) is 2.41. The number of hydrogen-bond acceptors (Lipinski definition) is 4. The van der Waals surface area contributed by atoms with Crippen LogP contribution in [0.5, 0.6) is 5.75 Å². The van der Waals surface area contributed by atoms with Crippen LogP contribution in [-0.4, -0.2) is 18.9 Å². The summed E-state index contributed by atoms with van der Waals surface area (Å²) in [5.41, 5.74) is 1.43. The lowest BCUT2D eigenvalue weighted by atomic mass is 10.1. The topological polar surface area (TPSA) is 67.4 Å². The second-order valence-corrected chi connectivity index (χ2v) is 6.55. The maximum absolute atomic E-state index is 12.6. The first-order valence-electron chi connectivity index (χ1n) is 8.23. The van der Waals surface area contributed by atoms with E-state index >= 15 is 0 Å². The van der Waals surface area contributed by atoms with Gasteiger partial charge in [-0.3, -0.25) is 9.59 Å². The molecule has 3 rings (SSSR count). The maximum atomic E-state index is 12.6. The third-order valence-electron chi connectivity index (χ3n) is 3.70. The van der Waals surface area contributed by atoms with E-state index in [4.69, 9.17) is 4.74 Å². The van der Waals surface area contributed by atoms with E-state index in [1.54, 1.807) is 73.1 Å². The molecule has 0 saturated carbocycles. The molecule has 0 bridgehead atoms. The van der Waals surface area contributed by atoms with Gasteiger partial charge in [-0.05, 0) is 41.8 Å². The highest BCUT2D eigenvalue weighted by molar-refractivity contribution is 7.10. The van der Waals surface area contributed by atoms with Crippen LogP contribution in [0.15, 0.2) is 72.1 Å². The minimum absolute atomic E-state index is 0.301. The monoisotopic (exact) mass is 378 g/mol. The minimum Gasteiger partial charge on any atom is -0.497 e. The second kappa shape index (κ2) is 8.82. The maximum Gasteiger partial charge on any atom is 0.257 e.